The minimum Gasteiger partial charge on any atom is -0.481 e. The molecule has 7 heteroatoms. The molecule has 0 aromatic carbocycles. The smallest absolute Gasteiger partial charge is 0.433 e. The minimum absolute atomic E-state index is 0.0854. The highest BCUT2D eigenvalue weighted by Gasteiger charge is 2.34. The van der Waals surface area contributed by atoms with Crippen molar-refractivity contribution in [1.82, 2.24) is 4.98 Å². The Morgan fingerprint density at radius 2 is 2.21 bits per heavy atom. The Balaban J connectivity index is 2.23. The molecular formula is C12H13F3N2O2. The van der Waals surface area contributed by atoms with E-state index in [9.17, 15) is 18.0 Å². The lowest BCUT2D eigenvalue weighted by Gasteiger charge is -2.25. The first-order valence-electron chi connectivity index (χ1n) is 5.90. The minimum atomic E-state index is -4.49. The number of hydrogen-bond acceptors (Lipinski definition) is 3. The van der Waals surface area contributed by atoms with E-state index in [1.54, 1.807) is 4.90 Å². The number of pyridine rings is 1. The van der Waals surface area contributed by atoms with Crippen LogP contribution in [0.15, 0.2) is 18.2 Å². The molecular weight excluding hydrogens is 261 g/mol. The van der Waals surface area contributed by atoms with Gasteiger partial charge >= 0.3 is 12.1 Å². The van der Waals surface area contributed by atoms with Crippen LogP contribution in [0.3, 0.4) is 0 Å². The molecule has 0 saturated carbocycles. The summed E-state index contributed by atoms with van der Waals surface area (Å²) in [7, 11) is 0. The molecule has 1 atom stereocenters. The molecule has 0 bridgehead atoms. The van der Waals surface area contributed by atoms with Crippen molar-refractivity contribution < 1.29 is 23.1 Å². The maximum absolute atomic E-state index is 12.6. The quantitative estimate of drug-likeness (QED) is 0.920. The van der Waals surface area contributed by atoms with Crippen LogP contribution < -0.4 is 4.90 Å². The lowest BCUT2D eigenvalue weighted by Crippen LogP contribution is -2.32. The van der Waals surface area contributed by atoms with Gasteiger partial charge in [0.15, 0.2) is 0 Å². The number of rotatable bonds is 3. The number of aliphatic carboxylic acids is 1. The SMILES string of the molecule is O=C(O)CC1CCCN1c1cccc(C(F)(F)F)n1. The number of hydrogen-bond donors (Lipinski definition) is 1. The Bertz CT molecular complexity index is 476. The second-order valence-corrected chi connectivity index (χ2v) is 4.47. The van der Waals surface area contributed by atoms with Crippen molar-refractivity contribution in [2.45, 2.75) is 31.5 Å². The zero-order valence-electron chi connectivity index (χ0n) is 10.0. The van der Waals surface area contributed by atoms with Gasteiger partial charge in [0.1, 0.15) is 11.5 Å². The molecule has 1 aliphatic rings. The molecule has 1 saturated heterocycles. The van der Waals surface area contributed by atoms with Crippen molar-refractivity contribution >= 4 is 11.8 Å². The first-order chi connectivity index (χ1) is 8.88. The summed E-state index contributed by atoms with van der Waals surface area (Å²) in [6.07, 6.45) is -3.16. The van der Waals surface area contributed by atoms with Gasteiger partial charge in [-0.25, -0.2) is 4.98 Å². The van der Waals surface area contributed by atoms with Crippen molar-refractivity contribution in [3.05, 3.63) is 23.9 Å². The molecule has 0 amide bonds. The molecule has 0 radical (unpaired) electrons. The van der Waals surface area contributed by atoms with Crippen LogP contribution in [0.5, 0.6) is 0 Å². The van der Waals surface area contributed by atoms with Crippen molar-refractivity contribution in [3.63, 3.8) is 0 Å². The van der Waals surface area contributed by atoms with Crippen molar-refractivity contribution in [2.24, 2.45) is 0 Å². The first kappa shape index (κ1) is 13.6. The predicted octanol–water partition coefficient (Wildman–Crippen LogP) is 2.54. The summed E-state index contributed by atoms with van der Waals surface area (Å²) < 4.78 is 37.8. The lowest BCUT2D eigenvalue weighted by molar-refractivity contribution is -0.141. The van der Waals surface area contributed by atoms with E-state index in [-0.39, 0.29) is 18.3 Å². The third-order valence-electron chi connectivity index (χ3n) is 3.11. The molecule has 4 nitrogen and oxygen atoms in total. The maximum Gasteiger partial charge on any atom is 0.433 e. The van der Waals surface area contributed by atoms with Crippen LogP contribution in [0, 0.1) is 0 Å². The number of carbonyl (C=O) groups is 1. The van der Waals surface area contributed by atoms with Gasteiger partial charge in [0.25, 0.3) is 0 Å². The monoisotopic (exact) mass is 274 g/mol. The zero-order chi connectivity index (χ0) is 14.0. The summed E-state index contributed by atoms with van der Waals surface area (Å²) in [6, 6.07) is 3.40. The van der Waals surface area contributed by atoms with E-state index < -0.39 is 17.8 Å². The molecule has 19 heavy (non-hydrogen) atoms. The third-order valence-corrected chi connectivity index (χ3v) is 3.11. The average molecular weight is 274 g/mol. The van der Waals surface area contributed by atoms with E-state index >= 15 is 0 Å². The summed E-state index contributed by atoms with van der Waals surface area (Å²) in [4.78, 5) is 16.0. The Hall–Kier alpha value is -1.79. The largest absolute Gasteiger partial charge is 0.481 e. The second kappa shape index (κ2) is 5.07. The third kappa shape index (κ3) is 3.15. The van der Waals surface area contributed by atoms with Crippen LogP contribution in [0.2, 0.25) is 0 Å². The van der Waals surface area contributed by atoms with Crippen molar-refractivity contribution in [1.29, 1.82) is 0 Å². The Morgan fingerprint density at radius 1 is 1.47 bits per heavy atom. The van der Waals surface area contributed by atoms with Gasteiger partial charge in [-0.2, -0.15) is 13.2 Å². The summed E-state index contributed by atoms with van der Waals surface area (Å²) >= 11 is 0. The fourth-order valence-electron chi connectivity index (χ4n) is 2.29. The van der Waals surface area contributed by atoms with Gasteiger partial charge in [0, 0.05) is 12.6 Å². The molecule has 104 valence electrons. The van der Waals surface area contributed by atoms with E-state index in [1.165, 1.54) is 12.1 Å². The van der Waals surface area contributed by atoms with E-state index in [1.807, 2.05) is 0 Å². The van der Waals surface area contributed by atoms with Crippen LogP contribution in [0.25, 0.3) is 0 Å². The van der Waals surface area contributed by atoms with Gasteiger partial charge in [-0.15, -0.1) is 0 Å². The lowest BCUT2D eigenvalue weighted by atomic mass is 10.1. The topological polar surface area (TPSA) is 53.4 Å². The van der Waals surface area contributed by atoms with Crippen molar-refractivity contribution in [3.8, 4) is 0 Å². The fraction of sp³-hybridized carbons (Fsp3) is 0.500. The molecule has 1 N–H and O–H groups in total. The summed E-state index contributed by atoms with van der Waals surface area (Å²) in [5, 5.41) is 8.80. The zero-order valence-corrected chi connectivity index (χ0v) is 10.0. The second-order valence-electron chi connectivity index (χ2n) is 4.47. The van der Waals surface area contributed by atoms with Crippen LogP contribution in [-0.4, -0.2) is 28.6 Å². The Labute approximate surface area is 107 Å². The number of carboxylic acids is 1. The summed E-state index contributed by atoms with van der Waals surface area (Å²) in [5.41, 5.74) is -0.953. The molecule has 1 fully saturated rings. The predicted molar refractivity (Wildman–Crippen MR) is 61.9 cm³/mol. The van der Waals surface area contributed by atoms with Crippen LogP contribution in [0.1, 0.15) is 25.0 Å². The van der Waals surface area contributed by atoms with Crippen LogP contribution in [-0.2, 0) is 11.0 Å². The summed E-state index contributed by atoms with van der Waals surface area (Å²) in [5.74, 6) is -0.762. The highest BCUT2D eigenvalue weighted by Crippen LogP contribution is 2.31. The van der Waals surface area contributed by atoms with E-state index in [0.717, 1.165) is 12.5 Å². The number of aromatic nitrogens is 1. The molecule has 1 aromatic heterocycles. The summed E-state index contributed by atoms with van der Waals surface area (Å²) in [6.45, 7) is 0.534. The van der Waals surface area contributed by atoms with Gasteiger partial charge in [-0.05, 0) is 25.0 Å². The Morgan fingerprint density at radius 3 is 2.84 bits per heavy atom. The molecule has 2 rings (SSSR count). The molecule has 0 aliphatic carbocycles. The maximum atomic E-state index is 12.6. The number of halogens is 3. The highest BCUT2D eigenvalue weighted by atomic mass is 19.4. The molecule has 1 aromatic rings. The average Bonchev–Trinajstić information content (AvgIpc) is 2.75. The van der Waals surface area contributed by atoms with Gasteiger partial charge < -0.3 is 10.0 Å². The van der Waals surface area contributed by atoms with Crippen LogP contribution in [0.4, 0.5) is 19.0 Å². The van der Waals surface area contributed by atoms with Gasteiger partial charge in [0.05, 0.1) is 6.42 Å². The fourth-order valence-corrected chi connectivity index (χ4v) is 2.29. The van der Waals surface area contributed by atoms with Gasteiger partial charge in [-0.1, -0.05) is 6.07 Å². The Kier molecular flexibility index (Phi) is 3.64. The molecule has 2 heterocycles. The number of nitrogens with zero attached hydrogens (tertiary/aromatic N) is 2. The van der Waals surface area contributed by atoms with E-state index in [4.69, 9.17) is 5.11 Å². The van der Waals surface area contributed by atoms with Crippen LogP contribution >= 0.6 is 0 Å². The highest BCUT2D eigenvalue weighted by molar-refractivity contribution is 5.68. The first-order valence-corrected chi connectivity index (χ1v) is 5.90. The van der Waals surface area contributed by atoms with Crippen molar-refractivity contribution in [2.75, 3.05) is 11.4 Å². The molecule has 0 spiro atoms. The standard InChI is InChI=1S/C12H13F3N2O2/c13-12(14,15)9-4-1-5-10(16-9)17-6-2-3-8(17)7-11(18)19/h1,4-5,8H,2-3,6-7H2,(H,18,19). The molecule has 1 unspecified atom stereocenters. The number of anilines is 1. The van der Waals surface area contributed by atoms with E-state index in [2.05, 4.69) is 4.98 Å². The molecule has 1 aliphatic heterocycles. The van der Waals surface area contributed by atoms with E-state index in [0.29, 0.717) is 13.0 Å². The number of carboxylic acid groups (broad SMARTS) is 1. The van der Waals surface area contributed by atoms with Gasteiger partial charge in [0.2, 0.25) is 0 Å². The normalized spacial score (nSPS) is 19.7. The van der Waals surface area contributed by atoms with Gasteiger partial charge in [-0.3, -0.25) is 4.79 Å². The number of alkyl halides is 3.